The lowest BCUT2D eigenvalue weighted by Gasteiger charge is -2.16. The van der Waals surface area contributed by atoms with E-state index >= 15 is 0 Å². The Balaban J connectivity index is 1.99. The summed E-state index contributed by atoms with van der Waals surface area (Å²) in [6.45, 7) is 3.75. The molecule has 7 heteroatoms. The fourth-order valence-corrected chi connectivity index (χ4v) is 1.72. The molecule has 0 spiro atoms. The van der Waals surface area contributed by atoms with E-state index in [9.17, 15) is 14.9 Å². The average molecular weight is 261 g/mol. The third-order valence-corrected chi connectivity index (χ3v) is 2.51. The van der Waals surface area contributed by atoms with Crippen LogP contribution in [0.1, 0.15) is 33.1 Å². The SMILES string of the molecule is CC1(C)OCC(CCCCOC(=O)C[N+](=O)[O-])O1. The second-order valence-electron chi connectivity index (χ2n) is 4.66. The van der Waals surface area contributed by atoms with Gasteiger partial charge in [-0.05, 0) is 33.1 Å². The molecule has 0 amide bonds. The molecule has 1 unspecified atom stereocenters. The van der Waals surface area contributed by atoms with Gasteiger partial charge >= 0.3 is 5.97 Å². The van der Waals surface area contributed by atoms with Crippen LogP contribution in [0.15, 0.2) is 0 Å². The van der Waals surface area contributed by atoms with Gasteiger partial charge in [0.1, 0.15) is 0 Å². The van der Waals surface area contributed by atoms with E-state index in [0.29, 0.717) is 13.0 Å². The lowest BCUT2D eigenvalue weighted by atomic mass is 10.2. The zero-order valence-corrected chi connectivity index (χ0v) is 10.7. The molecule has 1 atom stereocenters. The summed E-state index contributed by atoms with van der Waals surface area (Å²) in [6.07, 6.45) is 2.41. The molecule has 0 N–H and O–H groups in total. The first-order chi connectivity index (χ1) is 8.39. The normalized spacial score (nSPS) is 21.8. The number of nitro groups is 1. The molecule has 0 bridgehead atoms. The van der Waals surface area contributed by atoms with Gasteiger partial charge in [0.25, 0.3) is 6.54 Å². The minimum atomic E-state index is -0.790. The highest BCUT2D eigenvalue weighted by atomic mass is 16.7. The first-order valence-corrected chi connectivity index (χ1v) is 5.98. The van der Waals surface area contributed by atoms with Crippen LogP contribution in [0.25, 0.3) is 0 Å². The van der Waals surface area contributed by atoms with Gasteiger partial charge in [-0.1, -0.05) is 0 Å². The van der Waals surface area contributed by atoms with Crippen LogP contribution in [0.5, 0.6) is 0 Å². The molecule has 0 aromatic heterocycles. The molecule has 1 saturated heterocycles. The number of ether oxygens (including phenoxy) is 3. The van der Waals surface area contributed by atoms with E-state index < -0.39 is 23.2 Å². The van der Waals surface area contributed by atoms with E-state index in [0.717, 1.165) is 12.8 Å². The van der Waals surface area contributed by atoms with Crippen LogP contribution in [0, 0.1) is 10.1 Å². The summed E-state index contributed by atoms with van der Waals surface area (Å²) in [6, 6.07) is 0. The Bertz CT molecular complexity index is 304. The second-order valence-corrected chi connectivity index (χ2v) is 4.66. The van der Waals surface area contributed by atoms with Crippen LogP contribution in [0.3, 0.4) is 0 Å². The van der Waals surface area contributed by atoms with Crippen LogP contribution in [-0.4, -0.2) is 42.5 Å². The predicted molar refractivity (Wildman–Crippen MR) is 61.6 cm³/mol. The molecule has 0 aromatic rings. The van der Waals surface area contributed by atoms with E-state index in [1.807, 2.05) is 13.8 Å². The third kappa shape index (κ3) is 5.92. The fraction of sp³-hybridized carbons (Fsp3) is 0.909. The monoisotopic (exact) mass is 261 g/mol. The topological polar surface area (TPSA) is 87.9 Å². The highest BCUT2D eigenvalue weighted by molar-refractivity contribution is 5.70. The van der Waals surface area contributed by atoms with Crippen molar-refractivity contribution in [2.24, 2.45) is 0 Å². The summed E-state index contributed by atoms with van der Waals surface area (Å²) in [4.78, 5) is 20.2. The molecular weight excluding hydrogens is 242 g/mol. The predicted octanol–water partition coefficient (Wildman–Crippen LogP) is 1.13. The zero-order valence-electron chi connectivity index (χ0n) is 10.7. The molecule has 0 saturated carbocycles. The minimum absolute atomic E-state index is 0.0782. The summed E-state index contributed by atoms with van der Waals surface area (Å²) < 4.78 is 15.7. The molecule has 0 radical (unpaired) electrons. The smallest absolute Gasteiger partial charge is 0.378 e. The van der Waals surface area contributed by atoms with Crippen LogP contribution >= 0.6 is 0 Å². The van der Waals surface area contributed by atoms with E-state index in [1.54, 1.807) is 0 Å². The van der Waals surface area contributed by atoms with Gasteiger partial charge in [-0.15, -0.1) is 0 Å². The molecule has 1 fully saturated rings. The molecular formula is C11H19NO6. The van der Waals surface area contributed by atoms with Crippen molar-refractivity contribution in [1.29, 1.82) is 0 Å². The van der Waals surface area contributed by atoms with Crippen molar-refractivity contribution in [2.45, 2.75) is 45.0 Å². The van der Waals surface area contributed by atoms with Crippen molar-refractivity contribution in [2.75, 3.05) is 19.8 Å². The summed E-state index contributed by atoms with van der Waals surface area (Å²) >= 11 is 0. The van der Waals surface area contributed by atoms with E-state index in [-0.39, 0.29) is 12.7 Å². The van der Waals surface area contributed by atoms with Crippen molar-refractivity contribution in [3.05, 3.63) is 10.1 Å². The quantitative estimate of drug-likeness (QED) is 0.295. The molecule has 18 heavy (non-hydrogen) atoms. The second kappa shape index (κ2) is 6.65. The van der Waals surface area contributed by atoms with Gasteiger partial charge in [0.05, 0.1) is 19.3 Å². The molecule has 1 rings (SSSR count). The van der Waals surface area contributed by atoms with Crippen molar-refractivity contribution in [1.82, 2.24) is 0 Å². The van der Waals surface area contributed by atoms with Gasteiger partial charge in [0.15, 0.2) is 5.79 Å². The van der Waals surface area contributed by atoms with E-state index in [2.05, 4.69) is 0 Å². The molecule has 0 aromatic carbocycles. The molecule has 1 aliphatic heterocycles. The maximum atomic E-state index is 10.8. The molecule has 0 aliphatic carbocycles. The standard InChI is InChI=1S/C11H19NO6/c1-11(2)17-8-9(18-11)5-3-4-6-16-10(13)7-12(14)15/h9H,3-8H2,1-2H3. The highest BCUT2D eigenvalue weighted by Crippen LogP contribution is 2.24. The van der Waals surface area contributed by atoms with Gasteiger partial charge in [0.2, 0.25) is 0 Å². The highest BCUT2D eigenvalue weighted by Gasteiger charge is 2.31. The summed E-state index contributed by atoms with van der Waals surface area (Å²) in [5.74, 6) is -1.30. The van der Waals surface area contributed by atoms with Gasteiger partial charge < -0.3 is 14.2 Å². The number of hydrogen-bond acceptors (Lipinski definition) is 6. The Kier molecular flexibility index (Phi) is 5.49. The third-order valence-electron chi connectivity index (χ3n) is 2.51. The average Bonchev–Trinajstić information content (AvgIpc) is 2.56. The van der Waals surface area contributed by atoms with Crippen LogP contribution in [0.4, 0.5) is 0 Å². The maximum Gasteiger partial charge on any atom is 0.378 e. The van der Waals surface area contributed by atoms with Crippen LogP contribution < -0.4 is 0 Å². The molecule has 104 valence electrons. The van der Waals surface area contributed by atoms with Crippen molar-refractivity contribution < 1.29 is 23.9 Å². The van der Waals surface area contributed by atoms with Gasteiger partial charge in [-0.25, -0.2) is 4.79 Å². The number of hydrogen-bond donors (Lipinski definition) is 0. The fourth-order valence-electron chi connectivity index (χ4n) is 1.72. The van der Waals surface area contributed by atoms with E-state index in [1.165, 1.54) is 0 Å². The number of unbranched alkanes of at least 4 members (excludes halogenated alkanes) is 1. The molecule has 1 aliphatic rings. The van der Waals surface area contributed by atoms with Crippen molar-refractivity contribution in [3.8, 4) is 0 Å². The first kappa shape index (κ1) is 14.8. The lowest BCUT2D eigenvalue weighted by molar-refractivity contribution is -0.470. The Labute approximate surface area is 106 Å². The minimum Gasteiger partial charge on any atom is -0.461 e. The Morgan fingerprint density at radius 3 is 2.78 bits per heavy atom. The van der Waals surface area contributed by atoms with E-state index in [4.69, 9.17) is 14.2 Å². The van der Waals surface area contributed by atoms with Crippen molar-refractivity contribution >= 4 is 5.97 Å². The molecule has 7 nitrogen and oxygen atoms in total. The summed E-state index contributed by atoms with van der Waals surface area (Å²) in [5, 5.41) is 10.0. The Morgan fingerprint density at radius 1 is 1.50 bits per heavy atom. The van der Waals surface area contributed by atoms with Crippen LogP contribution in [0.2, 0.25) is 0 Å². The zero-order chi connectivity index (χ0) is 13.6. The lowest BCUT2D eigenvalue weighted by Crippen LogP contribution is -2.21. The van der Waals surface area contributed by atoms with Gasteiger partial charge in [0, 0.05) is 4.92 Å². The van der Waals surface area contributed by atoms with Gasteiger partial charge in [-0.2, -0.15) is 0 Å². The number of nitrogens with zero attached hydrogens (tertiary/aromatic N) is 1. The first-order valence-electron chi connectivity index (χ1n) is 5.98. The van der Waals surface area contributed by atoms with Crippen molar-refractivity contribution in [3.63, 3.8) is 0 Å². The van der Waals surface area contributed by atoms with Gasteiger partial charge in [-0.3, -0.25) is 10.1 Å². The van der Waals surface area contributed by atoms with Crippen LogP contribution in [-0.2, 0) is 19.0 Å². The maximum absolute atomic E-state index is 10.8. The number of esters is 1. The Morgan fingerprint density at radius 2 is 2.22 bits per heavy atom. The Hall–Kier alpha value is -1.21. The number of carbonyl (C=O) groups is 1. The molecule has 1 heterocycles. The summed E-state index contributed by atoms with van der Waals surface area (Å²) in [7, 11) is 0. The number of carbonyl (C=O) groups excluding carboxylic acids is 1. The largest absolute Gasteiger partial charge is 0.461 e. The number of rotatable bonds is 7. The summed E-state index contributed by atoms with van der Waals surface area (Å²) in [5.41, 5.74) is 0.